The third kappa shape index (κ3) is 2.07. The molecule has 0 spiro atoms. The lowest BCUT2D eigenvalue weighted by molar-refractivity contribution is 0.0181. The Morgan fingerprint density at radius 3 is 3.00 bits per heavy atom. The largest absolute Gasteiger partial charge is 0.390 e. The number of aliphatic hydroxyl groups is 2. The number of nitrogens with zero attached hydrogens (tertiary/aromatic N) is 1. The molecule has 0 aliphatic heterocycles. The van der Waals surface area contributed by atoms with Gasteiger partial charge in [0.1, 0.15) is 11.8 Å². The highest BCUT2D eigenvalue weighted by Gasteiger charge is 2.20. The number of pyridine rings is 1. The van der Waals surface area contributed by atoms with E-state index < -0.39 is 12.2 Å². The van der Waals surface area contributed by atoms with Gasteiger partial charge in [0, 0.05) is 23.3 Å². The smallest absolute Gasteiger partial charge is 0.137 e. The molecule has 0 bridgehead atoms. The topological polar surface area (TPSA) is 69.1 Å². The first-order valence-corrected chi connectivity index (χ1v) is 5.76. The van der Waals surface area contributed by atoms with Crippen LogP contribution in [0.4, 0.5) is 0 Å². The highest BCUT2D eigenvalue weighted by molar-refractivity contribution is 7.80. The minimum absolute atomic E-state index is 0.456. The van der Waals surface area contributed by atoms with Crippen LogP contribution in [0, 0.1) is 0 Å². The summed E-state index contributed by atoms with van der Waals surface area (Å²) in [6, 6.07) is 3.67. The molecule has 0 amide bonds. The van der Waals surface area contributed by atoms with Crippen LogP contribution in [0.3, 0.4) is 0 Å². The Hall–Kier alpha value is -1.04. The zero-order valence-electron chi connectivity index (χ0n) is 8.67. The van der Waals surface area contributed by atoms with Crippen molar-refractivity contribution < 1.29 is 10.2 Å². The molecule has 2 atom stereocenters. The summed E-state index contributed by atoms with van der Waals surface area (Å²) in [4.78, 5) is 7.09. The van der Waals surface area contributed by atoms with Crippen LogP contribution in [0.1, 0.15) is 18.1 Å². The van der Waals surface area contributed by atoms with E-state index in [1.807, 2.05) is 6.07 Å². The molecule has 4 nitrogen and oxygen atoms in total. The molecule has 0 fully saturated rings. The van der Waals surface area contributed by atoms with Crippen molar-refractivity contribution in [2.75, 3.05) is 5.75 Å². The minimum Gasteiger partial charge on any atom is -0.390 e. The van der Waals surface area contributed by atoms with Crippen molar-refractivity contribution in [3.63, 3.8) is 0 Å². The summed E-state index contributed by atoms with van der Waals surface area (Å²) in [6.45, 7) is 0. The Balaban J connectivity index is 2.32. The number of thiol groups is 1. The number of rotatable bonds is 4. The van der Waals surface area contributed by atoms with Crippen molar-refractivity contribution in [1.82, 2.24) is 9.97 Å². The second-order valence-electron chi connectivity index (χ2n) is 3.67. The molecular formula is C11H14N2O2S. The minimum atomic E-state index is -0.898. The van der Waals surface area contributed by atoms with Crippen molar-refractivity contribution >= 4 is 23.7 Å². The molecule has 16 heavy (non-hydrogen) atoms. The molecule has 0 saturated heterocycles. The van der Waals surface area contributed by atoms with Crippen LogP contribution < -0.4 is 0 Å². The maximum absolute atomic E-state index is 9.98. The van der Waals surface area contributed by atoms with Crippen molar-refractivity contribution in [2.45, 2.75) is 18.6 Å². The number of hydrogen-bond acceptors (Lipinski definition) is 4. The molecule has 86 valence electrons. The van der Waals surface area contributed by atoms with Crippen LogP contribution in [-0.2, 0) is 0 Å². The van der Waals surface area contributed by atoms with E-state index >= 15 is 0 Å². The third-order valence-corrected chi connectivity index (χ3v) is 2.85. The summed E-state index contributed by atoms with van der Waals surface area (Å²) in [5, 5.41) is 20.5. The fourth-order valence-electron chi connectivity index (χ4n) is 1.72. The number of aliphatic hydroxyl groups excluding tert-OH is 2. The fourth-order valence-corrected chi connectivity index (χ4v) is 1.98. The Morgan fingerprint density at radius 2 is 2.25 bits per heavy atom. The predicted octanol–water partition coefficient (Wildman–Crippen LogP) is 1.28. The van der Waals surface area contributed by atoms with Gasteiger partial charge < -0.3 is 15.2 Å². The van der Waals surface area contributed by atoms with Gasteiger partial charge in [-0.05, 0) is 24.3 Å². The summed E-state index contributed by atoms with van der Waals surface area (Å²) in [5.74, 6) is 0.541. The number of nitrogens with one attached hydrogen (secondary N) is 1. The van der Waals surface area contributed by atoms with Crippen LogP contribution in [0.25, 0.3) is 11.0 Å². The van der Waals surface area contributed by atoms with Gasteiger partial charge in [0.05, 0.1) is 6.10 Å². The van der Waals surface area contributed by atoms with Crippen molar-refractivity contribution in [2.24, 2.45) is 0 Å². The van der Waals surface area contributed by atoms with E-state index in [2.05, 4.69) is 22.6 Å². The molecule has 5 heteroatoms. The lowest BCUT2D eigenvalue weighted by atomic mass is 10.0. The average Bonchev–Trinajstić information content (AvgIpc) is 2.72. The lowest BCUT2D eigenvalue weighted by Gasteiger charge is -2.16. The van der Waals surface area contributed by atoms with Crippen molar-refractivity contribution in [3.05, 3.63) is 30.1 Å². The number of fused-ring (bicyclic) bond motifs is 1. The van der Waals surface area contributed by atoms with Gasteiger partial charge in [-0.15, -0.1) is 0 Å². The molecule has 0 aliphatic rings. The molecular weight excluding hydrogens is 224 g/mol. The summed E-state index contributed by atoms with van der Waals surface area (Å²) in [7, 11) is 0. The predicted molar refractivity (Wildman–Crippen MR) is 65.5 cm³/mol. The zero-order chi connectivity index (χ0) is 11.5. The zero-order valence-corrected chi connectivity index (χ0v) is 9.56. The van der Waals surface area contributed by atoms with Crippen molar-refractivity contribution in [3.8, 4) is 0 Å². The monoisotopic (exact) mass is 238 g/mol. The third-order valence-electron chi connectivity index (χ3n) is 2.59. The molecule has 3 N–H and O–H groups in total. The number of aromatic amines is 1. The van der Waals surface area contributed by atoms with Crippen LogP contribution in [0.15, 0.2) is 24.5 Å². The highest BCUT2D eigenvalue weighted by atomic mass is 32.1. The van der Waals surface area contributed by atoms with E-state index in [0.29, 0.717) is 17.7 Å². The molecule has 0 saturated carbocycles. The summed E-state index contributed by atoms with van der Waals surface area (Å²) >= 11 is 4.03. The van der Waals surface area contributed by atoms with Crippen molar-refractivity contribution in [1.29, 1.82) is 0 Å². The molecule has 2 aromatic heterocycles. The van der Waals surface area contributed by atoms with Gasteiger partial charge in [-0.25, -0.2) is 4.98 Å². The van der Waals surface area contributed by atoms with Gasteiger partial charge in [-0.1, -0.05) is 0 Å². The SMILES string of the molecule is OC(CCS)C(O)c1c[nH]c2ncccc12. The average molecular weight is 238 g/mol. The molecule has 2 unspecified atom stereocenters. The van der Waals surface area contributed by atoms with E-state index in [0.717, 1.165) is 11.0 Å². The van der Waals surface area contributed by atoms with Gasteiger partial charge in [0.25, 0.3) is 0 Å². The van der Waals surface area contributed by atoms with Gasteiger partial charge >= 0.3 is 0 Å². The summed E-state index contributed by atoms with van der Waals surface area (Å²) < 4.78 is 0. The molecule has 0 radical (unpaired) electrons. The molecule has 0 aromatic carbocycles. The van der Waals surface area contributed by atoms with E-state index in [-0.39, 0.29) is 0 Å². The number of H-pyrrole nitrogens is 1. The van der Waals surface area contributed by atoms with Gasteiger partial charge in [0.2, 0.25) is 0 Å². The Kier molecular flexibility index (Phi) is 3.48. The van der Waals surface area contributed by atoms with E-state index in [9.17, 15) is 10.2 Å². The summed E-state index contributed by atoms with van der Waals surface area (Å²) in [5.41, 5.74) is 1.40. The molecule has 2 heterocycles. The normalized spacial score (nSPS) is 15.2. The quantitative estimate of drug-likeness (QED) is 0.606. The fraction of sp³-hybridized carbons (Fsp3) is 0.364. The Morgan fingerprint density at radius 1 is 1.44 bits per heavy atom. The maximum Gasteiger partial charge on any atom is 0.137 e. The van der Waals surface area contributed by atoms with Gasteiger partial charge in [-0.2, -0.15) is 12.6 Å². The van der Waals surface area contributed by atoms with Gasteiger partial charge in [0.15, 0.2) is 0 Å². The van der Waals surface area contributed by atoms with Crippen LogP contribution in [0.5, 0.6) is 0 Å². The van der Waals surface area contributed by atoms with Crippen LogP contribution >= 0.6 is 12.6 Å². The van der Waals surface area contributed by atoms with E-state index in [4.69, 9.17) is 0 Å². The molecule has 2 rings (SSSR count). The lowest BCUT2D eigenvalue weighted by Crippen LogP contribution is -2.18. The standard InChI is InChI=1S/C11H14N2O2S/c14-9(3-5-16)10(15)8-6-13-11-7(8)2-1-4-12-11/h1-2,4,6,9-10,14-16H,3,5H2,(H,12,13). The second kappa shape index (κ2) is 4.86. The van der Waals surface area contributed by atoms with E-state index in [1.165, 1.54) is 0 Å². The van der Waals surface area contributed by atoms with Crippen LogP contribution in [0.2, 0.25) is 0 Å². The number of hydrogen-bond donors (Lipinski definition) is 4. The molecule has 0 aliphatic carbocycles. The van der Waals surface area contributed by atoms with Gasteiger partial charge in [-0.3, -0.25) is 0 Å². The first-order valence-electron chi connectivity index (χ1n) is 5.13. The summed E-state index contributed by atoms with van der Waals surface area (Å²) in [6.07, 6.45) is 2.13. The maximum atomic E-state index is 9.98. The highest BCUT2D eigenvalue weighted by Crippen LogP contribution is 2.26. The first kappa shape index (κ1) is 11.4. The first-order chi connectivity index (χ1) is 7.74. The Labute approximate surface area is 98.7 Å². The van der Waals surface area contributed by atoms with E-state index in [1.54, 1.807) is 18.5 Å². The second-order valence-corrected chi connectivity index (χ2v) is 4.12. The number of aromatic nitrogens is 2. The van der Waals surface area contributed by atoms with Crippen LogP contribution in [-0.4, -0.2) is 32.0 Å². The Bertz CT molecular complexity index is 472. The molecule has 2 aromatic rings.